The second kappa shape index (κ2) is 9.91. The number of hydrogen-bond donors (Lipinski definition) is 2. The monoisotopic (exact) mass is 510 g/mol. The fourth-order valence-corrected chi connectivity index (χ4v) is 5.73. The van der Waals surface area contributed by atoms with Gasteiger partial charge >= 0.3 is 0 Å². The van der Waals surface area contributed by atoms with E-state index in [1.165, 1.54) is 23.5 Å². The molecule has 3 aliphatic heterocycles. The first-order valence-corrected chi connectivity index (χ1v) is 13.8. The zero-order valence-corrected chi connectivity index (χ0v) is 23.0. The lowest BCUT2D eigenvalue weighted by Gasteiger charge is -2.37. The quantitative estimate of drug-likeness (QED) is 0.515. The molecule has 8 heteroatoms. The molecule has 0 spiro atoms. The van der Waals surface area contributed by atoms with Crippen LogP contribution in [0.2, 0.25) is 0 Å². The predicted molar refractivity (Wildman–Crippen MR) is 157 cm³/mol. The average Bonchev–Trinajstić information content (AvgIpc) is 3.39. The predicted octanol–water partition coefficient (Wildman–Crippen LogP) is 4.82. The van der Waals surface area contributed by atoms with Crippen LogP contribution in [0.3, 0.4) is 0 Å². The number of likely N-dealkylation sites (N-methyl/N-ethyl adjacent to an activating group) is 1. The van der Waals surface area contributed by atoms with Gasteiger partial charge in [-0.05, 0) is 62.4 Å². The van der Waals surface area contributed by atoms with E-state index in [2.05, 4.69) is 76.4 Å². The van der Waals surface area contributed by atoms with Gasteiger partial charge in [0.05, 0.1) is 35.0 Å². The van der Waals surface area contributed by atoms with E-state index in [1.54, 1.807) is 0 Å². The van der Waals surface area contributed by atoms with Gasteiger partial charge in [-0.1, -0.05) is 19.9 Å². The molecule has 2 bridgehead atoms. The van der Waals surface area contributed by atoms with E-state index in [0.29, 0.717) is 12.0 Å². The number of hydrogen-bond acceptors (Lipinski definition) is 7. The number of aryl methyl sites for hydroxylation is 2. The van der Waals surface area contributed by atoms with Gasteiger partial charge in [-0.25, -0.2) is 4.99 Å². The highest BCUT2D eigenvalue weighted by Crippen LogP contribution is 2.38. The first-order valence-electron chi connectivity index (χ1n) is 13.8. The number of aromatic nitrogens is 3. The fraction of sp³-hybridized carbons (Fsp3) is 0.433. The first-order chi connectivity index (χ1) is 18.4. The molecule has 0 saturated carbocycles. The van der Waals surface area contributed by atoms with Crippen molar-refractivity contribution in [3.05, 3.63) is 60.1 Å². The molecule has 0 amide bonds. The van der Waals surface area contributed by atoms with E-state index in [1.807, 2.05) is 24.9 Å². The standard InChI is InChI=1S/C30H38N8/c1-19-8-6-7-9-28-25(17-32-37(28)5)27-13-22(12-20(2)33-27)21(3)34-30-35-26-11-10-23(14-29(26)38(30)18-19)36(4)24-15-31-16-24/h10-14,17,19,24,31H,3,6-9,15-16,18H2,1-2,4-5H3,(H,34,35). The number of benzene rings is 1. The largest absolute Gasteiger partial charge is 0.369 e. The highest BCUT2D eigenvalue weighted by molar-refractivity contribution is 6.16. The highest BCUT2D eigenvalue weighted by Gasteiger charge is 2.29. The summed E-state index contributed by atoms with van der Waals surface area (Å²) in [6.45, 7) is 11.7. The summed E-state index contributed by atoms with van der Waals surface area (Å²) in [5, 5.41) is 11.6. The van der Waals surface area contributed by atoms with E-state index >= 15 is 0 Å². The molecule has 6 rings (SSSR count). The molecule has 198 valence electrons. The third-order valence-electron chi connectivity index (χ3n) is 8.21. The zero-order chi connectivity index (χ0) is 26.4. The molecule has 8 nitrogen and oxygen atoms in total. The number of fused-ring (bicyclic) bond motifs is 7. The smallest absolute Gasteiger partial charge is 0.208 e. The third kappa shape index (κ3) is 4.58. The van der Waals surface area contributed by atoms with Crippen molar-refractivity contribution < 1.29 is 0 Å². The van der Waals surface area contributed by atoms with Crippen molar-refractivity contribution >= 4 is 28.7 Å². The lowest BCUT2D eigenvalue weighted by molar-refractivity contribution is 0.429. The maximum atomic E-state index is 5.08. The summed E-state index contributed by atoms with van der Waals surface area (Å²) in [7, 11) is 4.22. The molecule has 3 aromatic rings. The Morgan fingerprint density at radius 1 is 1.13 bits per heavy atom. The number of rotatable bonds is 2. The minimum Gasteiger partial charge on any atom is -0.369 e. The second-order valence-electron chi connectivity index (χ2n) is 11.1. The summed E-state index contributed by atoms with van der Waals surface area (Å²) >= 11 is 0. The fourth-order valence-electron chi connectivity index (χ4n) is 5.73. The number of aliphatic imine (C=N–C) groups is 1. The number of guanidine groups is 1. The summed E-state index contributed by atoms with van der Waals surface area (Å²) in [4.78, 5) is 14.7. The lowest BCUT2D eigenvalue weighted by atomic mass is 10.00. The third-order valence-corrected chi connectivity index (χ3v) is 8.21. The maximum absolute atomic E-state index is 5.08. The van der Waals surface area contributed by atoms with Crippen molar-refractivity contribution in [2.75, 3.05) is 41.8 Å². The topological polar surface area (TPSA) is 73.6 Å². The maximum Gasteiger partial charge on any atom is 0.208 e. The molecule has 38 heavy (non-hydrogen) atoms. The second-order valence-corrected chi connectivity index (χ2v) is 11.1. The molecular weight excluding hydrogens is 472 g/mol. The van der Waals surface area contributed by atoms with Crippen LogP contribution in [0.5, 0.6) is 0 Å². The Balaban J connectivity index is 1.39. The minimum atomic E-state index is 0.513. The Kier molecular flexibility index (Phi) is 6.43. The molecule has 2 aromatic heterocycles. The van der Waals surface area contributed by atoms with E-state index in [9.17, 15) is 0 Å². The van der Waals surface area contributed by atoms with Crippen LogP contribution in [0.15, 0.2) is 48.1 Å². The van der Waals surface area contributed by atoms with Crippen molar-refractivity contribution in [3.63, 3.8) is 0 Å². The van der Waals surface area contributed by atoms with Crippen LogP contribution < -0.4 is 20.4 Å². The average molecular weight is 511 g/mol. The highest BCUT2D eigenvalue weighted by atomic mass is 15.4. The minimum absolute atomic E-state index is 0.513. The van der Waals surface area contributed by atoms with Crippen LogP contribution >= 0.6 is 0 Å². The van der Waals surface area contributed by atoms with Crippen LogP contribution in [0.4, 0.5) is 17.1 Å². The molecule has 1 aromatic carbocycles. The van der Waals surface area contributed by atoms with E-state index in [-0.39, 0.29) is 0 Å². The number of nitrogens with one attached hydrogen (secondary N) is 2. The summed E-state index contributed by atoms with van der Waals surface area (Å²) in [6, 6.07) is 11.4. The molecule has 2 N–H and O–H groups in total. The Morgan fingerprint density at radius 3 is 2.76 bits per heavy atom. The van der Waals surface area contributed by atoms with Crippen molar-refractivity contribution in [2.45, 2.75) is 45.6 Å². The Labute approximate surface area is 225 Å². The van der Waals surface area contributed by atoms with Crippen molar-refractivity contribution in [1.82, 2.24) is 20.1 Å². The molecular formula is C30H38N8. The Morgan fingerprint density at radius 2 is 1.97 bits per heavy atom. The number of nitrogens with zero attached hydrogens (tertiary/aromatic N) is 6. The summed E-state index contributed by atoms with van der Waals surface area (Å²) < 4.78 is 2.00. The summed E-state index contributed by atoms with van der Waals surface area (Å²) in [5.74, 6) is 1.36. The molecule has 0 aliphatic carbocycles. The van der Waals surface area contributed by atoms with Gasteiger partial charge in [0.1, 0.15) is 0 Å². The number of pyridine rings is 1. The van der Waals surface area contributed by atoms with Crippen LogP contribution in [-0.2, 0) is 13.5 Å². The van der Waals surface area contributed by atoms with Gasteiger partial charge in [0, 0.05) is 61.9 Å². The summed E-state index contributed by atoms with van der Waals surface area (Å²) in [6.07, 6.45) is 6.39. The molecule has 1 fully saturated rings. The zero-order valence-electron chi connectivity index (χ0n) is 23.0. The van der Waals surface area contributed by atoms with Gasteiger partial charge in [-0.2, -0.15) is 5.10 Å². The van der Waals surface area contributed by atoms with Gasteiger partial charge in [0.25, 0.3) is 0 Å². The first kappa shape index (κ1) is 24.7. The van der Waals surface area contributed by atoms with Gasteiger partial charge in [0.15, 0.2) is 0 Å². The van der Waals surface area contributed by atoms with Gasteiger partial charge in [-0.15, -0.1) is 0 Å². The molecule has 5 heterocycles. The van der Waals surface area contributed by atoms with E-state index in [0.717, 1.165) is 78.8 Å². The van der Waals surface area contributed by atoms with Gasteiger partial charge < -0.3 is 20.4 Å². The van der Waals surface area contributed by atoms with Crippen LogP contribution in [0.25, 0.3) is 17.0 Å². The van der Waals surface area contributed by atoms with Crippen molar-refractivity contribution in [2.24, 2.45) is 18.0 Å². The van der Waals surface area contributed by atoms with Crippen molar-refractivity contribution in [1.29, 1.82) is 0 Å². The summed E-state index contributed by atoms with van der Waals surface area (Å²) in [5.41, 5.74) is 9.46. The molecule has 1 saturated heterocycles. The molecule has 1 unspecified atom stereocenters. The Bertz CT molecular complexity index is 1400. The molecule has 3 aliphatic rings. The van der Waals surface area contributed by atoms with Gasteiger partial charge in [-0.3, -0.25) is 9.67 Å². The van der Waals surface area contributed by atoms with Crippen LogP contribution in [-0.4, -0.2) is 53.4 Å². The normalized spacial score (nSPS) is 21.2. The van der Waals surface area contributed by atoms with Gasteiger partial charge in [0.2, 0.25) is 5.96 Å². The molecule has 0 radical (unpaired) electrons. The van der Waals surface area contributed by atoms with Crippen LogP contribution in [0.1, 0.15) is 43.1 Å². The SMILES string of the molecule is C=C1/N=C2\Nc3ccc(N(C)C4CNC4)cc3N2CC(C)CCCCc2c(cnn2C)-c2cc1cc(C)n2. The van der Waals surface area contributed by atoms with E-state index in [4.69, 9.17) is 9.98 Å². The Hall–Kier alpha value is -3.65. The molecule has 1 atom stereocenters. The lowest BCUT2D eigenvalue weighted by Crippen LogP contribution is -2.56. The number of anilines is 3. The van der Waals surface area contributed by atoms with Crippen molar-refractivity contribution in [3.8, 4) is 11.3 Å². The van der Waals surface area contributed by atoms with Crippen LogP contribution in [0, 0.1) is 12.8 Å². The van der Waals surface area contributed by atoms with E-state index < -0.39 is 0 Å².